The Labute approximate surface area is 170 Å². The number of H-pyrrole nitrogens is 1. The normalized spacial score (nSPS) is 11.7. The quantitative estimate of drug-likeness (QED) is 0.549. The molecule has 2 amide bonds. The summed E-state index contributed by atoms with van der Waals surface area (Å²) < 4.78 is 27.8. The van der Waals surface area contributed by atoms with Crippen LogP contribution in [0.25, 0.3) is 0 Å². The Morgan fingerprint density at radius 3 is 2.47 bits per heavy atom. The third kappa shape index (κ3) is 4.99. The van der Waals surface area contributed by atoms with E-state index in [1.807, 2.05) is 30.3 Å². The molecule has 3 aromatic rings. The van der Waals surface area contributed by atoms with Crippen molar-refractivity contribution in [1.82, 2.24) is 20.4 Å². The van der Waals surface area contributed by atoms with E-state index in [9.17, 15) is 23.2 Å². The van der Waals surface area contributed by atoms with Crippen molar-refractivity contribution < 1.29 is 18.4 Å². The lowest BCUT2D eigenvalue weighted by molar-refractivity contribution is -0.123. The van der Waals surface area contributed by atoms with Crippen LogP contribution < -0.4 is 16.2 Å². The standard InChI is InChI=1S/C21H20F2N4O3/c1-27-21(30)15(12-25-27)10-18(20(29)24-11-13-5-3-2-4-6-13)26-19(28)14-7-8-16(22)17(23)9-14/h2-9,12,18,25H,10-11H2,1H3,(H,24,29)(H,26,28). The van der Waals surface area contributed by atoms with Crippen LogP contribution in [-0.2, 0) is 24.8 Å². The lowest BCUT2D eigenvalue weighted by Gasteiger charge is -2.18. The van der Waals surface area contributed by atoms with Gasteiger partial charge in [-0.15, -0.1) is 0 Å². The van der Waals surface area contributed by atoms with Gasteiger partial charge in [0, 0.05) is 37.3 Å². The first-order valence-electron chi connectivity index (χ1n) is 9.16. The molecular weight excluding hydrogens is 394 g/mol. The molecule has 1 aromatic heterocycles. The average Bonchev–Trinajstić information content (AvgIpc) is 3.06. The Morgan fingerprint density at radius 2 is 1.83 bits per heavy atom. The molecule has 0 saturated heterocycles. The molecule has 156 valence electrons. The van der Waals surface area contributed by atoms with Crippen LogP contribution in [0.15, 0.2) is 59.5 Å². The number of benzene rings is 2. The fraction of sp³-hybridized carbons (Fsp3) is 0.190. The molecule has 30 heavy (non-hydrogen) atoms. The van der Waals surface area contributed by atoms with Crippen LogP contribution in [-0.4, -0.2) is 27.6 Å². The van der Waals surface area contributed by atoms with Gasteiger partial charge in [0.25, 0.3) is 11.5 Å². The predicted molar refractivity (Wildman–Crippen MR) is 106 cm³/mol. The molecule has 3 rings (SSSR count). The molecule has 1 heterocycles. The summed E-state index contributed by atoms with van der Waals surface area (Å²) in [6.07, 6.45) is 1.37. The number of hydrogen-bond acceptors (Lipinski definition) is 3. The minimum atomic E-state index is -1.17. The molecule has 0 fully saturated rings. The molecule has 0 saturated carbocycles. The smallest absolute Gasteiger partial charge is 0.269 e. The van der Waals surface area contributed by atoms with Gasteiger partial charge in [0.15, 0.2) is 11.6 Å². The van der Waals surface area contributed by atoms with Crippen molar-refractivity contribution in [2.75, 3.05) is 0 Å². The number of nitrogens with one attached hydrogen (secondary N) is 3. The monoisotopic (exact) mass is 414 g/mol. The van der Waals surface area contributed by atoms with Gasteiger partial charge in [-0.25, -0.2) is 8.78 Å². The number of carbonyl (C=O) groups is 2. The zero-order chi connectivity index (χ0) is 21.7. The largest absolute Gasteiger partial charge is 0.350 e. The van der Waals surface area contributed by atoms with Gasteiger partial charge in [-0.3, -0.25) is 19.1 Å². The van der Waals surface area contributed by atoms with E-state index >= 15 is 0 Å². The molecule has 0 radical (unpaired) electrons. The van der Waals surface area contributed by atoms with E-state index in [4.69, 9.17) is 0 Å². The van der Waals surface area contributed by atoms with Gasteiger partial charge < -0.3 is 15.7 Å². The summed E-state index contributed by atoms with van der Waals surface area (Å²) in [6, 6.07) is 10.8. The maximum absolute atomic E-state index is 13.5. The Bertz CT molecular complexity index is 1110. The second kappa shape index (κ2) is 9.17. The molecule has 0 spiro atoms. The van der Waals surface area contributed by atoms with E-state index in [2.05, 4.69) is 15.7 Å². The molecular formula is C21H20F2N4O3. The van der Waals surface area contributed by atoms with Gasteiger partial charge in [-0.2, -0.15) is 0 Å². The van der Waals surface area contributed by atoms with E-state index < -0.39 is 29.5 Å². The number of carbonyl (C=O) groups excluding carboxylic acids is 2. The Balaban J connectivity index is 1.78. The van der Waals surface area contributed by atoms with Gasteiger partial charge >= 0.3 is 0 Å². The zero-order valence-electron chi connectivity index (χ0n) is 16.1. The number of rotatable bonds is 7. The minimum Gasteiger partial charge on any atom is -0.350 e. The minimum absolute atomic E-state index is 0.0772. The van der Waals surface area contributed by atoms with Gasteiger partial charge in [0.2, 0.25) is 5.91 Å². The van der Waals surface area contributed by atoms with Crippen LogP contribution in [0, 0.1) is 11.6 Å². The summed E-state index contributed by atoms with van der Waals surface area (Å²) in [4.78, 5) is 37.4. The highest BCUT2D eigenvalue weighted by atomic mass is 19.2. The van der Waals surface area contributed by atoms with E-state index in [-0.39, 0.29) is 24.1 Å². The molecule has 0 bridgehead atoms. The van der Waals surface area contributed by atoms with Crippen molar-refractivity contribution in [3.63, 3.8) is 0 Å². The van der Waals surface area contributed by atoms with Crippen molar-refractivity contribution in [3.8, 4) is 0 Å². The van der Waals surface area contributed by atoms with Crippen LogP contribution in [0.5, 0.6) is 0 Å². The fourth-order valence-corrected chi connectivity index (χ4v) is 2.87. The van der Waals surface area contributed by atoms with Crippen molar-refractivity contribution in [3.05, 3.63) is 93.4 Å². The van der Waals surface area contributed by atoms with Gasteiger partial charge in [-0.1, -0.05) is 30.3 Å². The van der Waals surface area contributed by atoms with Crippen LogP contribution in [0.4, 0.5) is 8.78 Å². The molecule has 9 heteroatoms. The Morgan fingerprint density at radius 1 is 1.10 bits per heavy atom. The fourth-order valence-electron chi connectivity index (χ4n) is 2.87. The van der Waals surface area contributed by atoms with Gasteiger partial charge in [0.1, 0.15) is 6.04 Å². The molecule has 1 unspecified atom stereocenters. The number of aromatic amines is 1. The van der Waals surface area contributed by atoms with Crippen molar-refractivity contribution in [1.29, 1.82) is 0 Å². The number of nitrogens with zero attached hydrogens (tertiary/aromatic N) is 1. The van der Waals surface area contributed by atoms with Crippen molar-refractivity contribution in [2.24, 2.45) is 7.05 Å². The molecule has 3 N–H and O–H groups in total. The summed E-state index contributed by atoms with van der Waals surface area (Å²) >= 11 is 0. The third-order valence-electron chi connectivity index (χ3n) is 4.55. The lowest BCUT2D eigenvalue weighted by Crippen LogP contribution is -2.48. The van der Waals surface area contributed by atoms with Crippen molar-refractivity contribution in [2.45, 2.75) is 19.0 Å². The number of amides is 2. The summed E-state index contributed by atoms with van der Waals surface area (Å²) in [7, 11) is 1.52. The highest BCUT2D eigenvalue weighted by Crippen LogP contribution is 2.09. The summed E-state index contributed by atoms with van der Waals surface area (Å²) in [5, 5.41) is 7.92. The lowest BCUT2D eigenvalue weighted by atomic mass is 10.1. The average molecular weight is 414 g/mol. The van der Waals surface area contributed by atoms with Gasteiger partial charge in [-0.05, 0) is 23.8 Å². The first-order chi connectivity index (χ1) is 14.3. The molecule has 0 aliphatic carbocycles. The van der Waals surface area contributed by atoms with E-state index in [0.29, 0.717) is 5.56 Å². The topological polar surface area (TPSA) is 96.0 Å². The first-order valence-corrected chi connectivity index (χ1v) is 9.16. The maximum Gasteiger partial charge on any atom is 0.269 e. The molecule has 0 aliphatic rings. The summed E-state index contributed by atoms with van der Waals surface area (Å²) in [5.41, 5.74) is 0.673. The van der Waals surface area contributed by atoms with E-state index in [1.165, 1.54) is 17.9 Å². The summed E-state index contributed by atoms with van der Waals surface area (Å²) in [5.74, 6) is -3.54. The maximum atomic E-state index is 13.5. The molecule has 0 aliphatic heterocycles. The summed E-state index contributed by atoms with van der Waals surface area (Å²) in [6.45, 7) is 0.225. The third-order valence-corrected chi connectivity index (χ3v) is 4.55. The van der Waals surface area contributed by atoms with Crippen LogP contribution in [0.2, 0.25) is 0 Å². The highest BCUT2D eigenvalue weighted by Gasteiger charge is 2.24. The Kier molecular flexibility index (Phi) is 6.41. The first kappa shape index (κ1) is 21.0. The molecule has 2 aromatic carbocycles. The SMILES string of the molecule is Cn1[nH]cc(CC(NC(=O)c2ccc(F)c(F)c2)C(=O)NCc2ccccc2)c1=O. The van der Waals surface area contributed by atoms with Gasteiger partial charge in [0.05, 0.1) is 0 Å². The van der Waals surface area contributed by atoms with Crippen molar-refractivity contribution >= 4 is 11.8 Å². The number of halogens is 2. The van der Waals surface area contributed by atoms with E-state index in [0.717, 1.165) is 23.8 Å². The second-order valence-corrected chi connectivity index (χ2v) is 6.73. The number of aromatic nitrogens is 2. The number of hydrogen-bond donors (Lipinski definition) is 3. The second-order valence-electron chi connectivity index (χ2n) is 6.73. The Hall–Kier alpha value is -3.75. The van der Waals surface area contributed by atoms with Crippen LogP contribution in [0.1, 0.15) is 21.5 Å². The van der Waals surface area contributed by atoms with E-state index in [1.54, 1.807) is 0 Å². The molecule has 7 nitrogen and oxygen atoms in total. The predicted octanol–water partition coefficient (Wildman–Crippen LogP) is 1.65. The zero-order valence-corrected chi connectivity index (χ0v) is 16.1. The highest BCUT2D eigenvalue weighted by molar-refractivity contribution is 5.97. The van der Waals surface area contributed by atoms with Crippen LogP contribution in [0.3, 0.4) is 0 Å². The van der Waals surface area contributed by atoms with Crippen LogP contribution >= 0.6 is 0 Å². The number of aryl methyl sites for hydroxylation is 1. The molecule has 1 atom stereocenters.